The van der Waals surface area contributed by atoms with Gasteiger partial charge in [0.15, 0.2) is 5.78 Å². The van der Waals surface area contributed by atoms with E-state index in [1.54, 1.807) is 18.3 Å². The minimum Gasteiger partial charge on any atom is -0.293 e. The molecule has 0 amide bonds. The highest BCUT2D eigenvalue weighted by molar-refractivity contribution is 7.10. The van der Waals surface area contributed by atoms with E-state index in [1.165, 1.54) is 12.8 Å². The minimum atomic E-state index is 0.0770. The van der Waals surface area contributed by atoms with Crippen molar-refractivity contribution in [2.45, 2.75) is 25.7 Å². The highest BCUT2D eigenvalue weighted by atomic mass is 32.1. The number of ketones is 1. The maximum absolute atomic E-state index is 10.8. The Labute approximate surface area is 69.3 Å². The van der Waals surface area contributed by atoms with Crippen LogP contribution >= 0.6 is 11.3 Å². The zero-order chi connectivity index (χ0) is 7.84. The SMILES string of the molecule is CC(=O)c1csc(C2CC2)n1. The molecule has 0 atom stereocenters. The molecule has 2 rings (SSSR count). The monoisotopic (exact) mass is 167 g/mol. The van der Waals surface area contributed by atoms with Gasteiger partial charge in [-0.15, -0.1) is 11.3 Å². The lowest BCUT2D eigenvalue weighted by Crippen LogP contribution is -1.91. The second kappa shape index (κ2) is 2.41. The Bertz CT molecular complexity index is 288. The van der Waals surface area contributed by atoms with Gasteiger partial charge in [0, 0.05) is 18.2 Å². The number of hydrogen-bond donors (Lipinski definition) is 0. The Kier molecular flexibility index (Phi) is 1.53. The van der Waals surface area contributed by atoms with Crippen molar-refractivity contribution in [3.05, 3.63) is 16.1 Å². The molecule has 1 heterocycles. The van der Waals surface area contributed by atoms with Gasteiger partial charge >= 0.3 is 0 Å². The lowest BCUT2D eigenvalue weighted by Gasteiger charge is -1.85. The number of aromatic nitrogens is 1. The summed E-state index contributed by atoms with van der Waals surface area (Å²) < 4.78 is 0. The van der Waals surface area contributed by atoms with Crippen molar-refractivity contribution < 1.29 is 4.79 Å². The van der Waals surface area contributed by atoms with Gasteiger partial charge in [-0.05, 0) is 12.8 Å². The molecule has 1 saturated carbocycles. The van der Waals surface area contributed by atoms with Gasteiger partial charge < -0.3 is 0 Å². The number of carbonyl (C=O) groups excluding carboxylic acids is 1. The van der Waals surface area contributed by atoms with Crippen LogP contribution in [0.2, 0.25) is 0 Å². The summed E-state index contributed by atoms with van der Waals surface area (Å²) in [5.41, 5.74) is 0.636. The molecule has 58 valence electrons. The lowest BCUT2D eigenvalue weighted by atomic mass is 10.3. The van der Waals surface area contributed by atoms with Gasteiger partial charge in [0.1, 0.15) is 5.69 Å². The van der Waals surface area contributed by atoms with Gasteiger partial charge in [-0.3, -0.25) is 4.79 Å². The van der Waals surface area contributed by atoms with Crippen molar-refractivity contribution in [3.8, 4) is 0 Å². The average Bonchev–Trinajstić information content (AvgIpc) is 2.68. The molecule has 0 radical (unpaired) electrons. The summed E-state index contributed by atoms with van der Waals surface area (Å²) in [5.74, 6) is 0.751. The summed E-state index contributed by atoms with van der Waals surface area (Å²) in [4.78, 5) is 15.1. The zero-order valence-electron chi connectivity index (χ0n) is 6.33. The van der Waals surface area contributed by atoms with Crippen molar-refractivity contribution in [2.75, 3.05) is 0 Å². The minimum absolute atomic E-state index is 0.0770. The van der Waals surface area contributed by atoms with Crippen LogP contribution in [0, 0.1) is 0 Å². The standard InChI is InChI=1S/C8H9NOS/c1-5(10)7-4-11-8(9-7)6-2-3-6/h4,6H,2-3H2,1H3. The van der Waals surface area contributed by atoms with E-state index < -0.39 is 0 Å². The Balaban J connectivity index is 2.25. The molecule has 0 spiro atoms. The quantitative estimate of drug-likeness (QED) is 0.632. The molecule has 0 aromatic carbocycles. The van der Waals surface area contributed by atoms with E-state index >= 15 is 0 Å². The van der Waals surface area contributed by atoms with Gasteiger partial charge in [-0.1, -0.05) is 0 Å². The van der Waals surface area contributed by atoms with Gasteiger partial charge in [0.25, 0.3) is 0 Å². The van der Waals surface area contributed by atoms with Crippen molar-refractivity contribution in [3.63, 3.8) is 0 Å². The summed E-state index contributed by atoms with van der Waals surface area (Å²) in [6.07, 6.45) is 2.51. The molecular formula is C8H9NOS. The summed E-state index contributed by atoms with van der Waals surface area (Å²) in [7, 11) is 0. The molecule has 0 unspecified atom stereocenters. The molecule has 1 aliphatic rings. The Morgan fingerprint density at radius 3 is 2.91 bits per heavy atom. The molecule has 1 fully saturated rings. The van der Waals surface area contributed by atoms with E-state index in [-0.39, 0.29) is 5.78 Å². The Morgan fingerprint density at radius 2 is 2.45 bits per heavy atom. The normalized spacial score (nSPS) is 16.8. The predicted octanol–water partition coefficient (Wildman–Crippen LogP) is 2.22. The Morgan fingerprint density at radius 1 is 1.73 bits per heavy atom. The smallest absolute Gasteiger partial charge is 0.178 e. The fourth-order valence-corrected chi connectivity index (χ4v) is 2.00. The van der Waals surface area contributed by atoms with Gasteiger partial charge in [-0.2, -0.15) is 0 Å². The van der Waals surface area contributed by atoms with Crippen molar-refractivity contribution in [2.24, 2.45) is 0 Å². The van der Waals surface area contributed by atoms with E-state index in [2.05, 4.69) is 4.98 Å². The van der Waals surface area contributed by atoms with E-state index in [0.717, 1.165) is 5.01 Å². The molecule has 3 heteroatoms. The van der Waals surface area contributed by atoms with Crippen LogP contribution in [0.3, 0.4) is 0 Å². The van der Waals surface area contributed by atoms with Gasteiger partial charge in [0.2, 0.25) is 0 Å². The Hall–Kier alpha value is -0.700. The van der Waals surface area contributed by atoms with Gasteiger partial charge in [-0.25, -0.2) is 4.98 Å². The predicted molar refractivity (Wildman–Crippen MR) is 44.1 cm³/mol. The van der Waals surface area contributed by atoms with Crippen LogP contribution in [-0.4, -0.2) is 10.8 Å². The fraction of sp³-hybridized carbons (Fsp3) is 0.500. The maximum atomic E-state index is 10.8. The molecule has 1 aliphatic carbocycles. The number of hydrogen-bond acceptors (Lipinski definition) is 3. The summed E-state index contributed by atoms with van der Waals surface area (Å²) >= 11 is 1.62. The summed E-state index contributed by atoms with van der Waals surface area (Å²) in [5, 5.41) is 3.01. The number of Topliss-reactive ketones (excluding diaryl/α,β-unsaturated/α-hetero) is 1. The first-order chi connectivity index (χ1) is 5.27. The number of thiazole rings is 1. The van der Waals surface area contributed by atoms with E-state index in [4.69, 9.17) is 0 Å². The van der Waals surface area contributed by atoms with Crippen LogP contribution < -0.4 is 0 Å². The molecule has 2 nitrogen and oxygen atoms in total. The number of carbonyl (C=O) groups is 1. The summed E-state index contributed by atoms with van der Waals surface area (Å²) in [6.45, 7) is 1.56. The fourth-order valence-electron chi connectivity index (χ4n) is 0.967. The van der Waals surface area contributed by atoms with Crippen molar-refractivity contribution >= 4 is 17.1 Å². The molecule has 1 aromatic heterocycles. The van der Waals surface area contributed by atoms with E-state index in [1.807, 2.05) is 5.38 Å². The lowest BCUT2D eigenvalue weighted by molar-refractivity contribution is 0.101. The molecule has 0 saturated heterocycles. The van der Waals surface area contributed by atoms with Crippen LogP contribution in [0.5, 0.6) is 0 Å². The maximum Gasteiger partial charge on any atom is 0.178 e. The zero-order valence-corrected chi connectivity index (χ0v) is 7.15. The second-order valence-corrected chi connectivity index (χ2v) is 3.79. The van der Waals surface area contributed by atoms with Crippen LogP contribution in [0.1, 0.15) is 41.2 Å². The molecule has 0 N–H and O–H groups in total. The summed E-state index contributed by atoms with van der Waals surface area (Å²) in [6, 6.07) is 0. The van der Waals surface area contributed by atoms with Crippen molar-refractivity contribution in [1.82, 2.24) is 4.98 Å². The first-order valence-electron chi connectivity index (χ1n) is 3.74. The van der Waals surface area contributed by atoms with Crippen LogP contribution in [0.4, 0.5) is 0 Å². The average molecular weight is 167 g/mol. The third-order valence-electron chi connectivity index (χ3n) is 1.81. The van der Waals surface area contributed by atoms with E-state index in [0.29, 0.717) is 11.6 Å². The number of rotatable bonds is 2. The molecule has 1 aromatic rings. The highest BCUT2D eigenvalue weighted by Gasteiger charge is 2.26. The highest BCUT2D eigenvalue weighted by Crippen LogP contribution is 2.41. The molecule has 11 heavy (non-hydrogen) atoms. The molecular weight excluding hydrogens is 158 g/mol. The van der Waals surface area contributed by atoms with E-state index in [9.17, 15) is 4.79 Å². The molecule has 0 aliphatic heterocycles. The largest absolute Gasteiger partial charge is 0.293 e. The number of nitrogens with zero attached hydrogens (tertiary/aromatic N) is 1. The second-order valence-electron chi connectivity index (χ2n) is 2.90. The first-order valence-corrected chi connectivity index (χ1v) is 4.61. The van der Waals surface area contributed by atoms with Crippen LogP contribution in [0.25, 0.3) is 0 Å². The van der Waals surface area contributed by atoms with Gasteiger partial charge in [0.05, 0.1) is 5.01 Å². The topological polar surface area (TPSA) is 30.0 Å². The molecule has 0 bridgehead atoms. The van der Waals surface area contributed by atoms with Crippen LogP contribution in [-0.2, 0) is 0 Å². The van der Waals surface area contributed by atoms with Crippen LogP contribution in [0.15, 0.2) is 5.38 Å². The third kappa shape index (κ3) is 1.33. The third-order valence-corrected chi connectivity index (χ3v) is 2.82. The first kappa shape index (κ1) is 6.98. The van der Waals surface area contributed by atoms with Crippen molar-refractivity contribution in [1.29, 1.82) is 0 Å².